The zero-order valence-electron chi connectivity index (χ0n) is 20.0. The minimum Gasteiger partial charge on any atom is -0.480 e. The van der Waals surface area contributed by atoms with Gasteiger partial charge in [0, 0.05) is 30.6 Å². The van der Waals surface area contributed by atoms with Gasteiger partial charge < -0.3 is 43.2 Å². The maximum Gasteiger partial charge on any atom is 0.327 e. The van der Waals surface area contributed by atoms with Gasteiger partial charge in [-0.1, -0.05) is 0 Å². The van der Waals surface area contributed by atoms with E-state index in [1.54, 1.807) is 0 Å². The molecule has 0 saturated carbocycles. The van der Waals surface area contributed by atoms with Crippen LogP contribution in [0.15, 0.2) is 17.5 Å². The number of carboxylic acids is 1. The number of nitrogens with one attached hydrogen (secondary N) is 4. The van der Waals surface area contributed by atoms with Crippen LogP contribution in [0.1, 0.15) is 25.0 Å². The number of nitrogens with two attached hydrogens (primary N) is 3. The van der Waals surface area contributed by atoms with Gasteiger partial charge in [0.15, 0.2) is 5.96 Å². The first kappa shape index (κ1) is 31.1. The zero-order valence-corrected chi connectivity index (χ0v) is 21.7. The Morgan fingerprint density at radius 2 is 1.75 bits per heavy atom. The van der Waals surface area contributed by atoms with Crippen molar-refractivity contribution in [1.82, 2.24) is 25.9 Å². The predicted molar refractivity (Wildman–Crippen MR) is 140 cm³/mol. The highest BCUT2D eigenvalue weighted by atomic mass is 32.2. The number of hydrogen-bond donors (Lipinski definition) is 9. The van der Waals surface area contributed by atoms with Gasteiger partial charge in [-0.05, 0) is 31.3 Å². The van der Waals surface area contributed by atoms with E-state index in [4.69, 9.17) is 17.2 Å². The summed E-state index contributed by atoms with van der Waals surface area (Å²) in [5, 5.41) is 16.8. The highest BCUT2D eigenvalue weighted by Gasteiger charge is 2.30. The minimum absolute atomic E-state index is 0.00160. The maximum absolute atomic E-state index is 13.2. The largest absolute Gasteiger partial charge is 0.480 e. The normalized spacial score (nSPS) is 14.1. The van der Waals surface area contributed by atoms with Crippen molar-refractivity contribution < 1.29 is 24.3 Å². The first-order chi connectivity index (χ1) is 17.1. The molecule has 1 heterocycles. The number of aliphatic imine (C=N–C) groups is 1. The van der Waals surface area contributed by atoms with Crippen LogP contribution in [-0.4, -0.2) is 93.2 Å². The van der Waals surface area contributed by atoms with Gasteiger partial charge in [0.1, 0.15) is 18.1 Å². The van der Waals surface area contributed by atoms with Crippen LogP contribution in [0.4, 0.5) is 0 Å². The summed E-state index contributed by atoms with van der Waals surface area (Å²) in [6, 6.07) is -4.28. The molecule has 1 aromatic heterocycles. The van der Waals surface area contributed by atoms with Gasteiger partial charge >= 0.3 is 5.97 Å². The van der Waals surface area contributed by atoms with Crippen molar-refractivity contribution in [3.8, 4) is 0 Å². The van der Waals surface area contributed by atoms with Crippen molar-refractivity contribution in [2.45, 2.75) is 49.9 Å². The number of rotatable bonds is 17. The molecule has 1 aromatic rings. The number of guanidine groups is 1. The van der Waals surface area contributed by atoms with E-state index in [2.05, 4.69) is 43.5 Å². The van der Waals surface area contributed by atoms with E-state index in [0.29, 0.717) is 24.3 Å². The summed E-state index contributed by atoms with van der Waals surface area (Å²) in [5.41, 5.74) is 17.1. The molecule has 3 amide bonds. The number of aromatic nitrogens is 2. The van der Waals surface area contributed by atoms with Crippen molar-refractivity contribution in [2.24, 2.45) is 22.2 Å². The monoisotopic (exact) mass is 545 g/mol. The number of imidazole rings is 1. The highest BCUT2D eigenvalue weighted by molar-refractivity contribution is 7.98. The molecule has 0 spiro atoms. The van der Waals surface area contributed by atoms with E-state index >= 15 is 0 Å². The van der Waals surface area contributed by atoms with Crippen molar-refractivity contribution in [3.63, 3.8) is 0 Å². The number of nitrogens with zero attached hydrogens (tertiary/aromatic N) is 2. The third kappa shape index (κ3) is 11.6. The SMILES string of the molecule is CSCC[C@H](N)C(=O)N[C@@H](CCCN=C(N)N)C(=O)N[C@@H](Cc1cnc[nH]1)C(=O)N[C@@H](CS)C(=O)O. The number of aromatic amines is 1. The van der Waals surface area contributed by atoms with Crippen molar-refractivity contribution in [1.29, 1.82) is 0 Å². The molecule has 0 aliphatic heterocycles. The number of carbonyl (C=O) groups excluding carboxylic acids is 3. The van der Waals surface area contributed by atoms with Crippen LogP contribution < -0.4 is 33.2 Å². The summed E-state index contributed by atoms with van der Waals surface area (Å²) < 4.78 is 0. The lowest BCUT2D eigenvalue weighted by Gasteiger charge is -2.25. The Labute approximate surface area is 218 Å². The molecule has 0 aliphatic carbocycles. The maximum atomic E-state index is 13.2. The number of thioether (sulfide) groups is 1. The van der Waals surface area contributed by atoms with Gasteiger partial charge in [0.25, 0.3) is 0 Å². The topological polar surface area (TPSA) is 244 Å². The second-order valence-electron chi connectivity index (χ2n) is 7.82. The summed E-state index contributed by atoms with van der Waals surface area (Å²) in [6.07, 6.45) is 5.70. The Morgan fingerprint density at radius 1 is 1.11 bits per heavy atom. The van der Waals surface area contributed by atoms with E-state index in [9.17, 15) is 24.3 Å². The summed E-state index contributed by atoms with van der Waals surface area (Å²) in [7, 11) is 0. The fourth-order valence-corrected chi connectivity index (χ4v) is 3.72. The van der Waals surface area contributed by atoms with Crippen LogP contribution >= 0.6 is 24.4 Å². The molecule has 16 heteroatoms. The van der Waals surface area contributed by atoms with Crippen molar-refractivity contribution in [2.75, 3.05) is 24.3 Å². The summed E-state index contributed by atoms with van der Waals surface area (Å²) in [5.74, 6) is -2.76. The Kier molecular flexibility index (Phi) is 14.4. The smallest absolute Gasteiger partial charge is 0.327 e. The lowest BCUT2D eigenvalue weighted by Crippen LogP contribution is -2.58. The highest BCUT2D eigenvalue weighted by Crippen LogP contribution is 2.06. The summed E-state index contributed by atoms with van der Waals surface area (Å²) >= 11 is 5.48. The average Bonchev–Trinajstić information content (AvgIpc) is 3.34. The predicted octanol–water partition coefficient (Wildman–Crippen LogP) is -2.44. The Hall–Kier alpha value is -2.98. The van der Waals surface area contributed by atoms with Gasteiger partial charge in [-0.3, -0.25) is 19.4 Å². The Morgan fingerprint density at radius 3 is 2.31 bits per heavy atom. The van der Waals surface area contributed by atoms with E-state index in [-0.39, 0.29) is 31.1 Å². The van der Waals surface area contributed by atoms with Crippen molar-refractivity contribution >= 4 is 54.0 Å². The Bertz CT molecular complexity index is 881. The third-order valence-electron chi connectivity index (χ3n) is 4.96. The first-order valence-electron chi connectivity index (χ1n) is 11.1. The fourth-order valence-electron chi connectivity index (χ4n) is 2.98. The van der Waals surface area contributed by atoms with Crippen LogP contribution in [0.2, 0.25) is 0 Å². The molecular weight excluding hydrogens is 510 g/mol. The van der Waals surface area contributed by atoms with Gasteiger partial charge in [0.05, 0.1) is 12.4 Å². The average molecular weight is 546 g/mol. The van der Waals surface area contributed by atoms with Crippen LogP contribution in [0.25, 0.3) is 0 Å². The van der Waals surface area contributed by atoms with Crippen LogP contribution in [-0.2, 0) is 25.6 Å². The number of thiol groups is 1. The fraction of sp³-hybridized carbons (Fsp3) is 0.600. The first-order valence-corrected chi connectivity index (χ1v) is 13.1. The van der Waals surface area contributed by atoms with E-state index in [1.807, 2.05) is 6.26 Å². The molecular formula is C20H35N9O5S2. The second kappa shape index (κ2) is 16.6. The van der Waals surface area contributed by atoms with Crippen LogP contribution in [0.5, 0.6) is 0 Å². The van der Waals surface area contributed by atoms with Gasteiger partial charge in [0.2, 0.25) is 17.7 Å². The van der Waals surface area contributed by atoms with Crippen LogP contribution in [0, 0.1) is 0 Å². The minimum atomic E-state index is -1.27. The number of carboxylic acid groups (broad SMARTS) is 1. The molecule has 0 radical (unpaired) electrons. The molecule has 0 fully saturated rings. The van der Waals surface area contributed by atoms with E-state index < -0.39 is 47.9 Å². The lowest BCUT2D eigenvalue weighted by molar-refractivity contribution is -0.141. The van der Waals surface area contributed by atoms with E-state index in [1.165, 1.54) is 24.3 Å². The molecule has 0 aliphatic rings. The molecule has 0 saturated heterocycles. The van der Waals surface area contributed by atoms with Gasteiger partial charge in [-0.25, -0.2) is 9.78 Å². The Balaban J connectivity index is 3.03. The van der Waals surface area contributed by atoms with Crippen LogP contribution in [0.3, 0.4) is 0 Å². The number of aliphatic carboxylic acids is 1. The standard InChI is InChI=1S/C20H35N9O5S2/c1-36-6-4-12(21)16(30)27-13(3-2-5-25-20(22)23)17(31)28-14(7-11-8-24-10-26-11)18(32)29-15(9-35)19(33)34/h8,10,12-15,35H,2-7,9,21H2,1H3,(H,24,26)(H,27,30)(H,28,31)(H,29,32)(H,33,34)(H4,22,23,25)/t12-,13-,14-,15-/m0/s1. The number of hydrogen-bond acceptors (Lipinski definition) is 9. The van der Waals surface area contributed by atoms with E-state index in [0.717, 1.165) is 0 Å². The van der Waals surface area contributed by atoms with Crippen molar-refractivity contribution in [3.05, 3.63) is 18.2 Å². The number of carbonyl (C=O) groups is 4. The molecule has 202 valence electrons. The number of H-pyrrole nitrogens is 1. The molecule has 0 unspecified atom stereocenters. The summed E-state index contributed by atoms with van der Waals surface area (Å²) in [6.45, 7) is 0.223. The molecule has 0 bridgehead atoms. The quantitative estimate of drug-likeness (QED) is 0.0433. The zero-order chi connectivity index (χ0) is 27.1. The second-order valence-corrected chi connectivity index (χ2v) is 9.17. The number of amides is 3. The molecule has 11 N–H and O–H groups in total. The molecule has 0 aromatic carbocycles. The summed E-state index contributed by atoms with van der Waals surface area (Å²) in [4.78, 5) is 60.6. The third-order valence-corrected chi connectivity index (χ3v) is 5.97. The molecule has 1 rings (SSSR count). The lowest BCUT2D eigenvalue weighted by atomic mass is 10.1. The van der Waals surface area contributed by atoms with Gasteiger partial charge in [-0.2, -0.15) is 24.4 Å². The van der Waals surface area contributed by atoms with Gasteiger partial charge in [-0.15, -0.1) is 0 Å². The molecule has 36 heavy (non-hydrogen) atoms. The molecule has 4 atom stereocenters. The molecule has 14 nitrogen and oxygen atoms in total.